The van der Waals surface area contributed by atoms with Crippen molar-refractivity contribution in [3.05, 3.63) is 11.6 Å². The number of phenols is 2. The molecule has 2 heterocycles. The number of aliphatic hydroxyl groups excluding tert-OH is 8. The highest BCUT2D eigenvalue weighted by molar-refractivity contribution is 6.00. The Morgan fingerprint density at radius 2 is 1.26 bits per heavy atom. The first kappa shape index (κ1) is 27.3. The second kappa shape index (κ2) is 10.8. The Morgan fingerprint density at radius 1 is 0.800 bits per heavy atom. The van der Waals surface area contributed by atoms with Gasteiger partial charge in [0.15, 0.2) is 17.3 Å². The fourth-order valence-corrected chi connectivity index (χ4v) is 3.73. The quantitative estimate of drug-likeness (QED) is 0.156. The normalized spacial score (nSPS) is 37.6. The molecule has 10 N–H and O–H groups in total. The van der Waals surface area contributed by atoms with Crippen LogP contribution in [0.5, 0.6) is 23.0 Å². The molecule has 3 rings (SSSR count). The van der Waals surface area contributed by atoms with Crippen LogP contribution in [0.25, 0.3) is 0 Å². The van der Waals surface area contributed by atoms with Crippen LogP contribution in [-0.4, -0.2) is 131 Å². The second-order valence-corrected chi connectivity index (χ2v) is 8.13. The van der Waals surface area contributed by atoms with Crippen molar-refractivity contribution < 1.29 is 74.8 Å². The molecule has 0 aromatic heterocycles. The van der Waals surface area contributed by atoms with E-state index >= 15 is 0 Å². The number of ether oxygens (including phenoxy) is 4. The van der Waals surface area contributed by atoms with E-state index in [1.165, 1.54) is 0 Å². The number of carbonyl (C=O) groups excluding carboxylic acids is 1. The fourth-order valence-electron chi connectivity index (χ4n) is 3.73. The van der Waals surface area contributed by atoms with Crippen LogP contribution in [0.2, 0.25) is 0 Å². The van der Waals surface area contributed by atoms with Crippen molar-refractivity contribution in [1.29, 1.82) is 0 Å². The molecule has 0 bridgehead atoms. The number of aliphatic hydroxyl groups is 8. The Balaban J connectivity index is 2.00. The molecule has 0 radical (unpaired) electrons. The van der Waals surface area contributed by atoms with Gasteiger partial charge >= 0.3 is 0 Å². The number of hydrogen-bond acceptors (Lipinski definition) is 15. The first-order valence-electron chi connectivity index (χ1n) is 10.5. The number of rotatable bonds is 7. The van der Waals surface area contributed by atoms with Crippen LogP contribution in [0.3, 0.4) is 0 Å². The minimum absolute atomic E-state index is 0.619. The van der Waals surface area contributed by atoms with E-state index in [2.05, 4.69) is 0 Å². The van der Waals surface area contributed by atoms with E-state index in [1.54, 1.807) is 0 Å². The van der Waals surface area contributed by atoms with Gasteiger partial charge < -0.3 is 70.0 Å². The monoisotopic (exact) mass is 508 g/mol. The first-order chi connectivity index (χ1) is 16.4. The third kappa shape index (κ3) is 5.14. The number of hydrogen-bond donors (Lipinski definition) is 10. The van der Waals surface area contributed by atoms with E-state index in [-0.39, 0.29) is 0 Å². The molecule has 2 aliphatic rings. The van der Waals surface area contributed by atoms with Gasteiger partial charge in [0.2, 0.25) is 18.3 Å². The maximum Gasteiger partial charge on any atom is 0.229 e. The number of carbonyl (C=O) groups is 1. The van der Waals surface area contributed by atoms with Crippen molar-refractivity contribution in [1.82, 2.24) is 0 Å². The fraction of sp³-hybridized carbons (Fsp3) is 0.650. The summed E-state index contributed by atoms with van der Waals surface area (Å²) in [5, 5.41) is 99.9. The lowest BCUT2D eigenvalue weighted by Crippen LogP contribution is -2.60. The molecule has 15 nitrogen and oxygen atoms in total. The van der Waals surface area contributed by atoms with Gasteiger partial charge in [0, 0.05) is 6.07 Å². The van der Waals surface area contributed by atoms with Crippen molar-refractivity contribution in [3.8, 4) is 23.0 Å². The van der Waals surface area contributed by atoms with Gasteiger partial charge in [0.1, 0.15) is 60.1 Å². The largest absolute Gasteiger partial charge is 0.507 e. The van der Waals surface area contributed by atoms with Crippen LogP contribution in [0.15, 0.2) is 6.07 Å². The van der Waals surface area contributed by atoms with E-state index < -0.39 is 109 Å². The number of benzene rings is 1. The number of phenolic OH excluding ortho intramolecular Hbond substituents is 2. The van der Waals surface area contributed by atoms with Gasteiger partial charge in [-0.1, -0.05) is 0 Å². The Labute approximate surface area is 197 Å². The van der Waals surface area contributed by atoms with Crippen LogP contribution >= 0.6 is 0 Å². The van der Waals surface area contributed by atoms with Crippen LogP contribution in [0, 0.1) is 0 Å². The van der Waals surface area contributed by atoms with E-state index in [1.807, 2.05) is 0 Å². The topological polar surface area (TPSA) is 256 Å². The molecular weight excluding hydrogens is 480 g/mol. The predicted octanol–water partition coefficient (Wildman–Crippen LogP) is -4.34. The predicted molar refractivity (Wildman–Crippen MR) is 109 cm³/mol. The summed E-state index contributed by atoms with van der Waals surface area (Å²) in [4.78, 5) is 11.9. The SMILES string of the molecule is CC(=O)c1c(O)cc(O[C@@H]2O[C@H](CO)[C@@H](O)[C@H](O)[C@H]2O)c(O[C@@H]2O[C@H](CO)[C@@H](O)[C@H](O)[C@H]2O)c1O. The zero-order chi connectivity index (χ0) is 26.2. The smallest absolute Gasteiger partial charge is 0.229 e. The third-order valence-electron chi connectivity index (χ3n) is 5.73. The van der Waals surface area contributed by atoms with Gasteiger partial charge in [-0.3, -0.25) is 4.79 Å². The minimum atomic E-state index is -1.93. The van der Waals surface area contributed by atoms with Crippen molar-refractivity contribution in [3.63, 3.8) is 0 Å². The van der Waals surface area contributed by atoms with Crippen LogP contribution in [0.4, 0.5) is 0 Å². The molecule has 0 amide bonds. The molecule has 2 fully saturated rings. The summed E-state index contributed by atoms with van der Waals surface area (Å²) in [6.07, 6.45) is -17.4. The van der Waals surface area contributed by atoms with Gasteiger partial charge in [-0.05, 0) is 6.92 Å². The van der Waals surface area contributed by atoms with Gasteiger partial charge in [0.05, 0.1) is 13.2 Å². The summed E-state index contributed by atoms with van der Waals surface area (Å²) in [5.41, 5.74) is -0.634. The van der Waals surface area contributed by atoms with Gasteiger partial charge in [0.25, 0.3) is 0 Å². The highest BCUT2D eigenvalue weighted by Crippen LogP contribution is 2.46. The Morgan fingerprint density at radius 3 is 1.69 bits per heavy atom. The number of Topliss-reactive ketones (excluding diaryl/α,β-unsaturated/α-hetero) is 1. The Bertz CT molecular complexity index is 905. The van der Waals surface area contributed by atoms with Gasteiger partial charge in [-0.2, -0.15) is 0 Å². The summed E-state index contributed by atoms with van der Waals surface area (Å²) in [7, 11) is 0. The number of aromatic hydroxyl groups is 2. The molecule has 1 aromatic carbocycles. The average molecular weight is 508 g/mol. The maximum absolute atomic E-state index is 11.9. The van der Waals surface area contributed by atoms with E-state index in [9.17, 15) is 55.9 Å². The molecule has 1 aromatic rings. The average Bonchev–Trinajstić information content (AvgIpc) is 2.81. The van der Waals surface area contributed by atoms with Crippen molar-refractivity contribution in [2.45, 2.75) is 68.3 Å². The van der Waals surface area contributed by atoms with E-state index in [0.29, 0.717) is 0 Å². The van der Waals surface area contributed by atoms with Crippen LogP contribution < -0.4 is 9.47 Å². The van der Waals surface area contributed by atoms with Crippen LogP contribution in [-0.2, 0) is 9.47 Å². The summed E-state index contributed by atoms with van der Waals surface area (Å²) < 4.78 is 21.3. The third-order valence-corrected chi connectivity index (χ3v) is 5.73. The lowest BCUT2D eigenvalue weighted by atomic mass is 9.99. The summed E-state index contributed by atoms with van der Waals surface area (Å²) >= 11 is 0. The van der Waals surface area contributed by atoms with E-state index in [0.717, 1.165) is 13.0 Å². The van der Waals surface area contributed by atoms with Gasteiger partial charge in [-0.25, -0.2) is 0 Å². The molecule has 2 saturated heterocycles. The standard InChI is InChI=1S/C20H28O15/c1-5(23)10-6(24)2-7(32-19-16(30)14(28)11(25)8(3-21)33-19)18(13(10)27)35-20-17(31)15(29)12(26)9(4-22)34-20/h2,8-9,11-12,14-17,19-22,24-31H,3-4H2,1H3/t8-,9-,11-,12-,14+,15+,16-,17-,19-,20+/m1/s1. The van der Waals surface area contributed by atoms with E-state index in [4.69, 9.17) is 18.9 Å². The molecule has 198 valence electrons. The molecule has 0 spiro atoms. The number of ketones is 1. The molecule has 0 saturated carbocycles. The molecule has 0 aliphatic carbocycles. The summed E-state index contributed by atoms with van der Waals surface area (Å²) in [5.74, 6) is -4.00. The van der Waals surface area contributed by atoms with Crippen molar-refractivity contribution in [2.24, 2.45) is 0 Å². The molecular formula is C20H28O15. The molecule has 0 unspecified atom stereocenters. The second-order valence-electron chi connectivity index (χ2n) is 8.13. The Hall–Kier alpha value is -2.31. The van der Waals surface area contributed by atoms with Crippen LogP contribution in [0.1, 0.15) is 17.3 Å². The molecule has 15 heteroatoms. The first-order valence-corrected chi connectivity index (χ1v) is 10.5. The summed E-state index contributed by atoms with van der Waals surface area (Å²) in [6, 6.07) is 0.775. The van der Waals surface area contributed by atoms with Gasteiger partial charge in [-0.15, -0.1) is 0 Å². The zero-order valence-corrected chi connectivity index (χ0v) is 18.3. The molecule has 2 aliphatic heterocycles. The van der Waals surface area contributed by atoms with Crippen molar-refractivity contribution in [2.75, 3.05) is 13.2 Å². The minimum Gasteiger partial charge on any atom is -0.507 e. The highest BCUT2D eigenvalue weighted by atomic mass is 16.7. The maximum atomic E-state index is 11.9. The molecule has 10 atom stereocenters. The zero-order valence-electron chi connectivity index (χ0n) is 18.3. The lowest BCUT2D eigenvalue weighted by molar-refractivity contribution is -0.282. The summed E-state index contributed by atoms with van der Waals surface area (Å²) in [6.45, 7) is -0.567. The van der Waals surface area contributed by atoms with Crippen molar-refractivity contribution >= 4 is 5.78 Å². The Kier molecular flexibility index (Phi) is 8.38. The highest BCUT2D eigenvalue weighted by Gasteiger charge is 2.47. The molecule has 35 heavy (non-hydrogen) atoms. The lowest BCUT2D eigenvalue weighted by Gasteiger charge is -2.41.